The van der Waals surface area contributed by atoms with Crippen LogP contribution in [0, 0.1) is 6.92 Å². The number of benzene rings is 1. The van der Waals surface area contributed by atoms with Crippen molar-refractivity contribution in [3.8, 4) is 10.8 Å². The molecule has 1 aromatic carbocycles. The van der Waals surface area contributed by atoms with Crippen LogP contribution in [0.2, 0.25) is 5.02 Å². The third-order valence-electron chi connectivity index (χ3n) is 3.21. The van der Waals surface area contributed by atoms with Crippen LogP contribution in [0.15, 0.2) is 45.5 Å². The summed E-state index contributed by atoms with van der Waals surface area (Å²) >= 11 is 10.9. The molecule has 0 aliphatic carbocycles. The molecule has 118 valence electrons. The van der Waals surface area contributed by atoms with Crippen LogP contribution in [0.3, 0.4) is 0 Å². The largest absolute Gasteiger partial charge is 0.462 e. The predicted molar refractivity (Wildman–Crippen MR) is 94.9 cm³/mol. The molecule has 0 aliphatic rings. The molecule has 0 saturated heterocycles. The van der Waals surface area contributed by atoms with Gasteiger partial charge in [-0.1, -0.05) is 27.5 Å². The zero-order chi connectivity index (χ0) is 16.4. The van der Waals surface area contributed by atoms with E-state index >= 15 is 0 Å². The van der Waals surface area contributed by atoms with Crippen molar-refractivity contribution in [2.45, 2.75) is 13.5 Å². The summed E-state index contributed by atoms with van der Waals surface area (Å²) in [6, 6.07) is 8.87. The maximum absolute atomic E-state index is 12.3. The highest BCUT2D eigenvalue weighted by molar-refractivity contribution is 9.10. The number of rotatable bonds is 4. The van der Waals surface area contributed by atoms with Gasteiger partial charge in [-0.2, -0.15) is 0 Å². The van der Waals surface area contributed by atoms with Gasteiger partial charge in [-0.15, -0.1) is 11.3 Å². The quantitative estimate of drug-likeness (QED) is 0.653. The van der Waals surface area contributed by atoms with Crippen LogP contribution in [0.5, 0.6) is 0 Å². The predicted octanol–water partition coefficient (Wildman–Crippen LogP) is 5.06. The Hall–Kier alpha value is -1.63. The molecule has 0 radical (unpaired) electrons. The van der Waals surface area contributed by atoms with Crippen LogP contribution in [0.1, 0.15) is 20.9 Å². The summed E-state index contributed by atoms with van der Waals surface area (Å²) in [5.74, 6) is 0.509. The Balaban J connectivity index is 1.73. The Labute approximate surface area is 150 Å². The number of halogens is 2. The Kier molecular flexibility index (Phi) is 4.84. The molecule has 0 fully saturated rings. The molecule has 0 bridgehead atoms. The van der Waals surface area contributed by atoms with E-state index in [4.69, 9.17) is 16.0 Å². The molecule has 3 aromatic rings. The average molecular weight is 412 g/mol. The van der Waals surface area contributed by atoms with Gasteiger partial charge < -0.3 is 9.73 Å². The van der Waals surface area contributed by atoms with Gasteiger partial charge in [0, 0.05) is 9.35 Å². The third-order valence-corrected chi connectivity index (χ3v) is 5.20. The molecule has 2 aromatic heterocycles. The first-order valence-corrected chi connectivity index (χ1v) is 8.77. The SMILES string of the molecule is Cc1nc(-c2ccco2)sc1CNC(=O)c1cc(Br)ccc1Cl. The summed E-state index contributed by atoms with van der Waals surface area (Å²) in [6.45, 7) is 2.31. The van der Waals surface area contributed by atoms with E-state index in [9.17, 15) is 4.79 Å². The number of hydrogen-bond acceptors (Lipinski definition) is 4. The molecule has 1 amide bonds. The number of thiazole rings is 1. The molecule has 23 heavy (non-hydrogen) atoms. The highest BCUT2D eigenvalue weighted by Crippen LogP contribution is 2.28. The Morgan fingerprint density at radius 2 is 2.26 bits per heavy atom. The molecular formula is C16H12BrClN2O2S. The minimum Gasteiger partial charge on any atom is -0.462 e. The molecule has 1 N–H and O–H groups in total. The van der Waals surface area contributed by atoms with Gasteiger partial charge in [0.15, 0.2) is 10.8 Å². The van der Waals surface area contributed by atoms with Crippen molar-refractivity contribution < 1.29 is 9.21 Å². The number of furan rings is 1. The Morgan fingerprint density at radius 3 is 3.00 bits per heavy atom. The summed E-state index contributed by atoms with van der Waals surface area (Å²) < 4.78 is 6.16. The van der Waals surface area contributed by atoms with Gasteiger partial charge in [0.2, 0.25) is 0 Å². The highest BCUT2D eigenvalue weighted by Gasteiger charge is 2.14. The van der Waals surface area contributed by atoms with E-state index in [1.807, 2.05) is 19.1 Å². The topological polar surface area (TPSA) is 55.1 Å². The first-order valence-electron chi connectivity index (χ1n) is 6.78. The first-order chi connectivity index (χ1) is 11.0. The van der Waals surface area contributed by atoms with Crippen molar-refractivity contribution in [1.82, 2.24) is 10.3 Å². The van der Waals surface area contributed by atoms with Crippen molar-refractivity contribution in [1.29, 1.82) is 0 Å². The fourth-order valence-electron chi connectivity index (χ4n) is 2.02. The van der Waals surface area contributed by atoms with Crippen LogP contribution in [-0.2, 0) is 6.54 Å². The molecule has 0 aliphatic heterocycles. The Bertz CT molecular complexity index is 846. The van der Waals surface area contributed by atoms with Crippen LogP contribution < -0.4 is 5.32 Å². The van der Waals surface area contributed by atoms with E-state index in [-0.39, 0.29) is 5.91 Å². The second-order valence-electron chi connectivity index (χ2n) is 4.81. The molecule has 0 unspecified atom stereocenters. The summed E-state index contributed by atoms with van der Waals surface area (Å²) in [4.78, 5) is 17.7. The molecule has 0 atom stereocenters. The highest BCUT2D eigenvalue weighted by atomic mass is 79.9. The van der Waals surface area contributed by atoms with Gasteiger partial charge in [-0.05, 0) is 37.3 Å². The van der Waals surface area contributed by atoms with E-state index in [2.05, 4.69) is 26.2 Å². The smallest absolute Gasteiger partial charge is 0.253 e. The second kappa shape index (κ2) is 6.86. The number of hydrogen-bond donors (Lipinski definition) is 1. The lowest BCUT2D eigenvalue weighted by molar-refractivity contribution is 0.0951. The number of aryl methyl sites for hydroxylation is 1. The second-order valence-corrected chi connectivity index (χ2v) is 7.22. The Morgan fingerprint density at radius 1 is 1.43 bits per heavy atom. The standard InChI is InChI=1S/C16H12BrClN2O2S/c1-9-14(23-16(20-9)13-3-2-6-22-13)8-19-15(21)11-7-10(17)4-5-12(11)18/h2-7H,8H2,1H3,(H,19,21). The number of nitrogens with one attached hydrogen (secondary N) is 1. The zero-order valence-electron chi connectivity index (χ0n) is 12.1. The normalized spacial score (nSPS) is 10.7. The van der Waals surface area contributed by atoms with E-state index in [1.54, 1.807) is 24.5 Å². The summed E-state index contributed by atoms with van der Waals surface area (Å²) in [5.41, 5.74) is 1.32. The molecule has 0 saturated carbocycles. The lowest BCUT2D eigenvalue weighted by atomic mass is 10.2. The van der Waals surface area contributed by atoms with E-state index in [1.165, 1.54) is 11.3 Å². The minimum absolute atomic E-state index is 0.219. The van der Waals surface area contributed by atoms with Gasteiger partial charge >= 0.3 is 0 Å². The first kappa shape index (κ1) is 16.2. The zero-order valence-corrected chi connectivity index (χ0v) is 15.3. The van der Waals surface area contributed by atoms with Crippen LogP contribution in [0.25, 0.3) is 10.8 Å². The summed E-state index contributed by atoms with van der Waals surface area (Å²) in [7, 11) is 0. The van der Waals surface area contributed by atoms with Crippen LogP contribution in [0.4, 0.5) is 0 Å². The molecule has 2 heterocycles. The van der Waals surface area contributed by atoms with E-state index in [0.29, 0.717) is 17.1 Å². The number of nitrogens with zero attached hydrogens (tertiary/aromatic N) is 1. The van der Waals surface area contributed by atoms with Gasteiger partial charge in [-0.3, -0.25) is 4.79 Å². The van der Waals surface area contributed by atoms with Crippen LogP contribution >= 0.6 is 38.9 Å². The average Bonchev–Trinajstić information content (AvgIpc) is 3.17. The monoisotopic (exact) mass is 410 g/mol. The lowest BCUT2D eigenvalue weighted by Gasteiger charge is -2.06. The molecular weight excluding hydrogens is 400 g/mol. The van der Waals surface area contributed by atoms with Crippen LogP contribution in [-0.4, -0.2) is 10.9 Å². The number of carbonyl (C=O) groups excluding carboxylic acids is 1. The van der Waals surface area contributed by atoms with Crippen molar-refractivity contribution in [3.05, 3.63) is 62.2 Å². The van der Waals surface area contributed by atoms with Gasteiger partial charge in [0.1, 0.15) is 0 Å². The minimum atomic E-state index is -0.219. The maximum atomic E-state index is 12.3. The molecule has 3 rings (SSSR count). The number of amides is 1. The number of aromatic nitrogens is 1. The number of carbonyl (C=O) groups is 1. The van der Waals surface area contributed by atoms with Gasteiger partial charge in [0.25, 0.3) is 5.91 Å². The summed E-state index contributed by atoms with van der Waals surface area (Å²) in [6.07, 6.45) is 1.61. The summed E-state index contributed by atoms with van der Waals surface area (Å²) in [5, 5.41) is 4.10. The molecule has 0 spiro atoms. The maximum Gasteiger partial charge on any atom is 0.253 e. The van der Waals surface area contributed by atoms with E-state index in [0.717, 1.165) is 25.8 Å². The molecule has 7 heteroatoms. The lowest BCUT2D eigenvalue weighted by Crippen LogP contribution is -2.23. The van der Waals surface area contributed by atoms with Crippen molar-refractivity contribution in [2.75, 3.05) is 0 Å². The van der Waals surface area contributed by atoms with E-state index < -0.39 is 0 Å². The third kappa shape index (κ3) is 3.65. The molecule has 4 nitrogen and oxygen atoms in total. The van der Waals surface area contributed by atoms with Crippen molar-refractivity contribution in [2.24, 2.45) is 0 Å². The van der Waals surface area contributed by atoms with Gasteiger partial charge in [-0.25, -0.2) is 4.98 Å². The van der Waals surface area contributed by atoms with Gasteiger partial charge in [0.05, 0.1) is 29.1 Å². The van der Waals surface area contributed by atoms with Crippen molar-refractivity contribution >= 4 is 44.8 Å². The fraction of sp³-hybridized carbons (Fsp3) is 0.125. The van der Waals surface area contributed by atoms with Crippen molar-refractivity contribution in [3.63, 3.8) is 0 Å². The fourth-order valence-corrected chi connectivity index (χ4v) is 3.56.